The summed E-state index contributed by atoms with van der Waals surface area (Å²) in [7, 11) is 0. The van der Waals surface area contributed by atoms with Crippen LogP contribution >= 0.6 is 11.3 Å². The highest BCUT2D eigenvalue weighted by molar-refractivity contribution is 7.17. The quantitative estimate of drug-likeness (QED) is 0.855. The zero-order chi connectivity index (χ0) is 13.9. The standard InChI is InChI=1S/C9H7F3N2O3S/c1-2-3-14(7(17)9(10,11)12)8-13-4-5(18-8)6(15)16/h2,4H,1,3H2,(H,15,16). The van der Waals surface area contributed by atoms with Crippen LogP contribution in [0.25, 0.3) is 0 Å². The monoisotopic (exact) mass is 280 g/mol. The highest BCUT2D eigenvalue weighted by Crippen LogP contribution is 2.27. The van der Waals surface area contributed by atoms with Crippen molar-refractivity contribution >= 4 is 28.3 Å². The summed E-state index contributed by atoms with van der Waals surface area (Å²) in [6, 6.07) is 0. The molecule has 0 saturated carbocycles. The Morgan fingerprint density at radius 3 is 2.56 bits per heavy atom. The van der Waals surface area contributed by atoms with Gasteiger partial charge in [-0.1, -0.05) is 17.4 Å². The van der Waals surface area contributed by atoms with Crippen LogP contribution in [0.3, 0.4) is 0 Å². The van der Waals surface area contributed by atoms with Crippen LogP contribution in [0.5, 0.6) is 0 Å². The molecular formula is C9H7F3N2O3S. The molecule has 0 bridgehead atoms. The Kier molecular flexibility index (Phi) is 4.07. The fourth-order valence-corrected chi connectivity index (χ4v) is 1.78. The Hall–Kier alpha value is -1.90. The molecule has 0 aliphatic rings. The molecule has 1 aromatic rings. The molecule has 1 rings (SSSR count). The first kappa shape index (κ1) is 14.2. The number of hydrogen-bond acceptors (Lipinski definition) is 4. The second kappa shape index (κ2) is 5.17. The Morgan fingerprint density at radius 1 is 1.56 bits per heavy atom. The van der Waals surface area contributed by atoms with E-state index in [0.717, 1.165) is 12.3 Å². The van der Waals surface area contributed by atoms with Gasteiger partial charge in [0.15, 0.2) is 5.13 Å². The maximum absolute atomic E-state index is 12.3. The third-order valence-electron chi connectivity index (χ3n) is 1.73. The number of carbonyl (C=O) groups is 2. The van der Waals surface area contributed by atoms with Crippen molar-refractivity contribution in [2.45, 2.75) is 6.18 Å². The number of carboxylic acids is 1. The van der Waals surface area contributed by atoms with Crippen LogP contribution in [-0.2, 0) is 4.79 Å². The molecule has 0 saturated heterocycles. The van der Waals surface area contributed by atoms with Crippen molar-refractivity contribution in [3.63, 3.8) is 0 Å². The number of hydrogen-bond donors (Lipinski definition) is 1. The highest BCUT2D eigenvalue weighted by Gasteiger charge is 2.43. The van der Waals surface area contributed by atoms with Gasteiger partial charge in [-0.2, -0.15) is 13.2 Å². The maximum Gasteiger partial charge on any atom is 0.471 e. The number of carboxylic acid groups (broad SMARTS) is 1. The number of nitrogens with zero attached hydrogens (tertiary/aromatic N) is 2. The normalized spacial score (nSPS) is 11.1. The summed E-state index contributed by atoms with van der Waals surface area (Å²) in [6.45, 7) is 2.82. The van der Waals surface area contributed by atoms with Gasteiger partial charge >= 0.3 is 18.1 Å². The van der Waals surface area contributed by atoms with E-state index in [4.69, 9.17) is 5.11 Å². The first-order valence-electron chi connectivity index (χ1n) is 4.46. The van der Waals surface area contributed by atoms with Gasteiger partial charge in [-0.05, 0) is 0 Å². The van der Waals surface area contributed by atoms with Crippen LogP contribution in [0.1, 0.15) is 9.67 Å². The van der Waals surface area contributed by atoms with E-state index in [0.29, 0.717) is 16.2 Å². The van der Waals surface area contributed by atoms with E-state index in [9.17, 15) is 22.8 Å². The molecule has 9 heteroatoms. The molecule has 0 unspecified atom stereocenters. The van der Waals surface area contributed by atoms with E-state index in [1.807, 2.05) is 0 Å². The molecule has 0 atom stereocenters. The minimum absolute atomic E-state index is 0.256. The van der Waals surface area contributed by atoms with Crippen molar-refractivity contribution in [2.24, 2.45) is 0 Å². The summed E-state index contributed by atoms with van der Waals surface area (Å²) in [5, 5.41) is 8.29. The second-order valence-electron chi connectivity index (χ2n) is 3.01. The molecule has 0 radical (unpaired) electrons. The fraction of sp³-hybridized carbons (Fsp3) is 0.222. The lowest BCUT2D eigenvalue weighted by molar-refractivity contribution is -0.170. The summed E-state index contributed by atoms with van der Waals surface area (Å²) in [5.41, 5.74) is 0. The molecule has 1 amide bonds. The Bertz CT molecular complexity index is 484. The zero-order valence-electron chi connectivity index (χ0n) is 8.77. The summed E-state index contributed by atoms with van der Waals surface area (Å²) < 4.78 is 36.9. The maximum atomic E-state index is 12.3. The Morgan fingerprint density at radius 2 is 2.17 bits per heavy atom. The van der Waals surface area contributed by atoms with E-state index >= 15 is 0 Å². The van der Waals surface area contributed by atoms with Gasteiger partial charge in [0, 0.05) is 6.54 Å². The van der Waals surface area contributed by atoms with Crippen molar-refractivity contribution in [2.75, 3.05) is 11.4 Å². The summed E-state index contributed by atoms with van der Waals surface area (Å²) in [4.78, 5) is 25.2. The van der Waals surface area contributed by atoms with Gasteiger partial charge in [-0.3, -0.25) is 9.69 Å². The van der Waals surface area contributed by atoms with Gasteiger partial charge in [0.2, 0.25) is 0 Å². The molecule has 1 aromatic heterocycles. The minimum atomic E-state index is -5.06. The number of aromatic carboxylic acids is 1. The van der Waals surface area contributed by atoms with E-state index in [1.165, 1.54) is 0 Å². The van der Waals surface area contributed by atoms with Crippen LogP contribution < -0.4 is 4.90 Å². The number of anilines is 1. The lowest BCUT2D eigenvalue weighted by atomic mass is 10.4. The molecule has 1 heterocycles. The van der Waals surface area contributed by atoms with Gasteiger partial charge in [0.1, 0.15) is 4.88 Å². The number of aromatic nitrogens is 1. The lowest BCUT2D eigenvalue weighted by Crippen LogP contribution is -2.41. The number of alkyl halides is 3. The summed E-state index contributed by atoms with van der Waals surface area (Å²) in [5.74, 6) is -3.44. The largest absolute Gasteiger partial charge is 0.477 e. The fourth-order valence-electron chi connectivity index (χ4n) is 1.02. The number of thiazole rings is 1. The average molecular weight is 280 g/mol. The second-order valence-corrected chi connectivity index (χ2v) is 4.02. The Labute approximate surface area is 103 Å². The van der Waals surface area contributed by atoms with Crippen molar-refractivity contribution in [3.8, 4) is 0 Å². The number of carbonyl (C=O) groups excluding carboxylic acids is 1. The third-order valence-corrected chi connectivity index (χ3v) is 2.74. The molecule has 0 spiro atoms. The first-order valence-corrected chi connectivity index (χ1v) is 5.27. The molecule has 98 valence electrons. The van der Waals surface area contributed by atoms with E-state index in [2.05, 4.69) is 11.6 Å². The zero-order valence-corrected chi connectivity index (χ0v) is 9.59. The van der Waals surface area contributed by atoms with Gasteiger partial charge in [-0.25, -0.2) is 9.78 Å². The minimum Gasteiger partial charge on any atom is -0.477 e. The number of halogens is 3. The van der Waals surface area contributed by atoms with Crippen LogP contribution in [0.4, 0.5) is 18.3 Å². The first-order chi connectivity index (χ1) is 8.27. The average Bonchev–Trinajstić information content (AvgIpc) is 2.72. The van der Waals surface area contributed by atoms with Crippen molar-refractivity contribution in [3.05, 3.63) is 23.7 Å². The predicted octanol–water partition coefficient (Wildman–Crippen LogP) is 1.92. The van der Waals surface area contributed by atoms with E-state index in [1.54, 1.807) is 0 Å². The van der Waals surface area contributed by atoms with Gasteiger partial charge in [-0.15, -0.1) is 6.58 Å². The molecule has 18 heavy (non-hydrogen) atoms. The summed E-state index contributed by atoms with van der Waals surface area (Å²) >= 11 is 0.480. The van der Waals surface area contributed by atoms with Crippen molar-refractivity contribution in [1.82, 2.24) is 4.98 Å². The van der Waals surface area contributed by atoms with Gasteiger partial charge in [0.25, 0.3) is 0 Å². The molecule has 0 aromatic carbocycles. The van der Waals surface area contributed by atoms with Crippen LogP contribution in [0.2, 0.25) is 0 Å². The van der Waals surface area contributed by atoms with Gasteiger partial charge < -0.3 is 5.11 Å². The third kappa shape index (κ3) is 3.06. The number of rotatable bonds is 4. The van der Waals surface area contributed by atoms with Crippen LogP contribution in [-0.4, -0.2) is 34.7 Å². The van der Waals surface area contributed by atoms with Gasteiger partial charge in [0.05, 0.1) is 6.20 Å². The highest BCUT2D eigenvalue weighted by atomic mass is 32.1. The SMILES string of the molecule is C=CCN(C(=O)C(F)(F)F)c1ncc(C(=O)O)s1. The number of amides is 1. The molecule has 0 aliphatic heterocycles. The predicted molar refractivity (Wildman–Crippen MR) is 57.7 cm³/mol. The van der Waals surface area contributed by atoms with Crippen molar-refractivity contribution in [1.29, 1.82) is 0 Å². The summed E-state index contributed by atoms with van der Waals surface area (Å²) in [6.07, 6.45) is -3.08. The molecule has 1 N–H and O–H groups in total. The molecule has 0 fully saturated rings. The Balaban J connectivity index is 3.08. The van der Waals surface area contributed by atoms with Crippen LogP contribution in [0, 0.1) is 0 Å². The topological polar surface area (TPSA) is 70.5 Å². The van der Waals surface area contributed by atoms with Crippen LogP contribution in [0.15, 0.2) is 18.9 Å². The smallest absolute Gasteiger partial charge is 0.471 e. The molecule has 5 nitrogen and oxygen atoms in total. The molecular weight excluding hydrogens is 273 g/mol. The van der Waals surface area contributed by atoms with E-state index in [-0.39, 0.29) is 10.0 Å². The lowest BCUT2D eigenvalue weighted by Gasteiger charge is -2.19. The van der Waals surface area contributed by atoms with E-state index < -0.39 is 24.6 Å². The molecule has 0 aliphatic carbocycles. The van der Waals surface area contributed by atoms with Crippen molar-refractivity contribution < 1.29 is 27.9 Å².